The summed E-state index contributed by atoms with van der Waals surface area (Å²) in [6, 6.07) is 14.6. The van der Waals surface area contributed by atoms with Crippen LogP contribution in [0.25, 0.3) is 22.4 Å². The van der Waals surface area contributed by atoms with Gasteiger partial charge in [0.15, 0.2) is 5.82 Å². The Balaban J connectivity index is 1.54. The number of para-hydroxylation sites is 1. The first-order chi connectivity index (χ1) is 16.0. The standard InChI is InChI=1S/C25H25N3O4S/c1-3-4-5-8-15-31-20-13-11-18(12-14-20)23-26-25-28(27-23)24(30)22(33-25)16-19-9-6-7-10-21(19)32-17(2)29/h6-7,9-14,16H,3-5,8,15H2,1-2H3. The highest BCUT2D eigenvalue weighted by molar-refractivity contribution is 7.15. The molecule has 2 aromatic carbocycles. The van der Waals surface area contributed by atoms with Crippen LogP contribution in [-0.2, 0) is 4.79 Å². The summed E-state index contributed by atoms with van der Waals surface area (Å²) in [6.07, 6.45) is 6.34. The van der Waals surface area contributed by atoms with E-state index < -0.39 is 5.97 Å². The molecule has 0 radical (unpaired) electrons. The van der Waals surface area contributed by atoms with Gasteiger partial charge in [0.05, 0.1) is 11.1 Å². The van der Waals surface area contributed by atoms with Crippen LogP contribution < -0.4 is 19.6 Å². The molecule has 4 rings (SSSR count). The number of esters is 1. The van der Waals surface area contributed by atoms with Gasteiger partial charge >= 0.3 is 5.97 Å². The fourth-order valence-electron chi connectivity index (χ4n) is 3.36. The average Bonchev–Trinajstić information content (AvgIpc) is 3.34. The molecule has 7 nitrogen and oxygen atoms in total. The molecule has 33 heavy (non-hydrogen) atoms. The van der Waals surface area contributed by atoms with E-state index in [0.717, 1.165) is 17.7 Å². The van der Waals surface area contributed by atoms with Crippen molar-refractivity contribution in [1.29, 1.82) is 0 Å². The van der Waals surface area contributed by atoms with Gasteiger partial charge in [-0.25, -0.2) is 0 Å². The van der Waals surface area contributed by atoms with Crippen LogP contribution in [0.4, 0.5) is 0 Å². The predicted molar refractivity (Wildman–Crippen MR) is 129 cm³/mol. The molecule has 0 aliphatic heterocycles. The Kier molecular flexibility index (Phi) is 7.14. The number of ether oxygens (including phenoxy) is 2. The highest BCUT2D eigenvalue weighted by atomic mass is 32.1. The smallest absolute Gasteiger partial charge is 0.308 e. The highest BCUT2D eigenvalue weighted by Crippen LogP contribution is 2.22. The maximum Gasteiger partial charge on any atom is 0.308 e. The lowest BCUT2D eigenvalue weighted by Crippen LogP contribution is -2.23. The van der Waals surface area contributed by atoms with Crippen LogP contribution in [0.2, 0.25) is 0 Å². The van der Waals surface area contributed by atoms with Gasteiger partial charge < -0.3 is 9.47 Å². The van der Waals surface area contributed by atoms with Crippen molar-refractivity contribution < 1.29 is 14.3 Å². The molecule has 0 N–H and O–H groups in total. The molecule has 8 heteroatoms. The van der Waals surface area contributed by atoms with Crippen LogP contribution in [0, 0.1) is 0 Å². The van der Waals surface area contributed by atoms with Gasteiger partial charge in [0.2, 0.25) is 4.96 Å². The number of thiazole rings is 1. The van der Waals surface area contributed by atoms with Crippen molar-refractivity contribution in [2.45, 2.75) is 39.5 Å². The third-order valence-electron chi connectivity index (χ3n) is 5.02. The van der Waals surface area contributed by atoms with E-state index in [1.165, 1.54) is 42.0 Å². The molecule has 4 aromatic rings. The van der Waals surface area contributed by atoms with Crippen LogP contribution in [0.3, 0.4) is 0 Å². The fraction of sp³-hybridized carbons (Fsp3) is 0.280. The average molecular weight is 464 g/mol. The maximum absolute atomic E-state index is 12.9. The number of hydrogen-bond acceptors (Lipinski definition) is 7. The van der Waals surface area contributed by atoms with Gasteiger partial charge in [0.1, 0.15) is 11.5 Å². The molecule has 0 atom stereocenters. The minimum Gasteiger partial charge on any atom is -0.494 e. The Bertz CT molecular complexity index is 1360. The van der Waals surface area contributed by atoms with E-state index >= 15 is 0 Å². The van der Waals surface area contributed by atoms with E-state index in [-0.39, 0.29) is 5.56 Å². The Morgan fingerprint density at radius 1 is 1.09 bits per heavy atom. The minimum absolute atomic E-state index is 0.265. The molecule has 0 saturated carbocycles. The van der Waals surface area contributed by atoms with Crippen LogP contribution in [-0.4, -0.2) is 27.2 Å². The Morgan fingerprint density at radius 2 is 1.88 bits per heavy atom. The molecule has 0 unspecified atom stereocenters. The largest absolute Gasteiger partial charge is 0.494 e. The van der Waals surface area contributed by atoms with Gasteiger partial charge in [-0.2, -0.15) is 9.50 Å². The SMILES string of the molecule is CCCCCCOc1ccc(-c2nc3sc(=Cc4ccccc4OC(C)=O)c(=O)n3n2)cc1. The number of rotatable bonds is 9. The Hall–Kier alpha value is -3.52. The van der Waals surface area contributed by atoms with Crippen molar-refractivity contribution in [2.24, 2.45) is 0 Å². The molecule has 0 spiro atoms. The molecule has 2 heterocycles. The lowest BCUT2D eigenvalue weighted by molar-refractivity contribution is -0.131. The van der Waals surface area contributed by atoms with E-state index in [1.54, 1.807) is 24.3 Å². The zero-order valence-corrected chi connectivity index (χ0v) is 19.4. The van der Waals surface area contributed by atoms with Crippen LogP contribution in [0.5, 0.6) is 11.5 Å². The van der Waals surface area contributed by atoms with Gasteiger partial charge in [0, 0.05) is 18.1 Å². The van der Waals surface area contributed by atoms with Crippen LogP contribution in [0.1, 0.15) is 45.1 Å². The van der Waals surface area contributed by atoms with Crippen molar-refractivity contribution in [3.05, 3.63) is 69.0 Å². The number of unbranched alkanes of at least 4 members (excludes halogenated alkanes) is 3. The summed E-state index contributed by atoms with van der Waals surface area (Å²) in [5.74, 6) is 1.28. The summed E-state index contributed by atoms with van der Waals surface area (Å²) in [5.41, 5.74) is 1.19. The van der Waals surface area contributed by atoms with E-state index in [4.69, 9.17) is 9.47 Å². The summed E-state index contributed by atoms with van der Waals surface area (Å²) < 4.78 is 12.8. The lowest BCUT2D eigenvalue weighted by Gasteiger charge is -2.06. The van der Waals surface area contributed by atoms with E-state index in [1.807, 2.05) is 30.3 Å². The van der Waals surface area contributed by atoms with Gasteiger partial charge in [-0.1, -0.05) is 55.7 Å². The summed E-state index contributed by atoms with van der Waals surface area (Å²) in [6.45, 7) is 4.23. The number of carbonyl (C=O) groups is 1. The first-order valence-electron chi connectivity index (χ1n) is 11.0. The molecule has 0 aliphatic carbocycles. The molecular weight excluding hydrogens is 438 g/mol. The second kappa shape index (κ2) is 10.4. The second-order valence-corrected chi connectivity index (χ2v) is 8.62. The number of aromatic nitrogens is 3. The molecule has 170 valence electrons. The normalized spacial score (nSPS) is 11.8. The van der Waals surface area contributed by atoms with Crippen molar-refractivity contribution in [3.8, 4) is 22.9 Å². The maximum atomic E-state index is 12.9. The first kappa shape index (κ1) is 22.7. The van der Waals surface area contributed by atoms with Gasteiger partial charge in [-0.3, -0.25) is 9.59 Å². The van der Waals surface area contributed by atoms with Crippen molar-refractivity contribution >= 4 is 28.3 Å². The zero-order valence-electron chi connectivity index (χ0n) is 18.6. The number of hydrogen-bond donors (Lipinski definition) is 0. The fourth-order valence-corrected chi connectivity index (χ4v) is 4.26. The Labute approximate surface area is 195 Å². The summed E-state index contributed by atoms with van der Waals surface area (Å²) >= 11 is 1.24. The summed E-state index contributed by atoms with van der Waals surface area (Å²) in [4.78, 5) is 29.2. The molecule has 2 aromatic heterocycles. The predicted octanol–water partition coefficient (Wildman–Crippen LogP) is 4.25. The summed E-state index contributed by atoms with van der Waals surface area (Å²) in [7, 11) is 0. The van der Waals surface area contributed by atoms with E-state index in [2.05, 4.69) is 17.0 Å². The monoisotopic (exact) mass is 463 g/mol. The number of fused-ring (bicyclic) bond motifs is 1. The third kappa shape index (κ3) is 5.46. The third-order valence-corrected chi connectivity index (χ3v) is 5.98. The number of benzene rings is 2. The Morgan fingerprint density at radius 3 is 2.61 bits per heavy atom. The zero-order chi connectivity index (χ0) is 23.2. The molecule has 0 saturated heterocycles. The van der Waals surface area contributed by atoms with Crippen molar-refractivity contribution in [1.82, 2.24) is 14.6 Å². The van der Waals surface area contributed by atoms with E-state index in [9.17, 15) is 9.59 Å². The van der Waals surface area contributed by atoms with E-state index in [0.29, 0.717) is 33.2 Å². The van der Waals surface area contributed by atoms with Crippen molar-refractivity contribution in [2.75, 3.05) is 6.61 Å². The summed E-state index contributed by atoms with van der Waals surface area (Å²) in [5, 5.41) is 4.40. The highest BCUT2D eigenvalue weighted by Gasteiger charge is 2.13. The van der Waals surface area contributed by atoms with Crippen molar-refractivity contribution in [3.63, 3.8) is 0 Å². The first-order valence-corrected chi connectivity index (χ1v) is 11.8. The van der Waals surface area contributed by atoms with Crippen LogP contribution >= 0.6 is 11.3 Å². The molecule has 0 amide bonds. The van der Waals surface area contributed by atoms with Crippen LogP contribution in [0.15, 0.2) is 53.3 Å². The minimum atomic E-state index is -0.418. The number of nitrogens with zero attached hydrogens (tertiary/aromatic N) is 3. The lowest BCUT2D eigenvalue weighted by atomic mass is 10.2. The molecule has 0 aliphatic rings. The topological polar surface area (TPSA) is 82.8 Å². The number of carbonyl (C=O) groups excluding carboxylic acids is 1. The molecular formula is C25H25N3O4S. The second-order valence-electron chi connectivity index (χ2n) is 7.61. The van der Waals surface area contributed by atoms with Gasteiger partial charge in [-0.15, -0.1) is 5.10 Å². The quantitative estimate of drug-likeness (QED) is 0.210. The van der Waals surface area contributed by atoms with Gasteiger partial charge in [-0.05, 0) is 42.8 Å². The molecule has 0 fully saturated rings. The molecule has 0 bridgehead atoms. The van der Waals surface area contributed by atoms with Gasteiger partial charge in [0.25, 0.3) is 5.56 Å².